The summed E-state index contributed by atoms with van der Waals surface area (Å²) >= 11 is 0. The maximum Gasteiger partial charge on any atom is 0.136 e. The fourth-order valence-corrected chi connectivity index (χ4v) is 2.90. The van der Waals surface area contributed by atoms with E-state index in [4.69, 9.17) is 0 Å². The zero-order valence-corrected chi connectivity index (χ0v) is 7.55. The zero-order chi connectivity index (χ0) is 8.22. The van der Waals surface area contributed by atoms with Crippen LogP contribution in [0.3, 0.4) is 0 Å². The van der Waals surface area contributed by atoms with Gasteiger partial charge in [0.1, 0.15) is 5.78 Å². The molecule has 3 saturated carbocycles. The third-order valence-corrected chi connectivity index (χ3v) is 4.11. The molecule has 0 heterocycles. The van der Waals surface area contributed by atoms with Gasteiger partial charge in [0, 0.05) is 12.3 Å². The summed E-state index contributed by atoms with van der Waals surface area (Å²) in [6.07, 6.45) is 2.16. The van der Waals surface area contributed by atoms with Gasteiger partial charge in [-0.3, -0.25) is 4.79 Å². The topological polar surface area (TPSA) is 17.1 Å². The van der Waals surface area contributed by atoms with E-state index in [1.165, 1.54) is 6.42 Å². The van der Waals surface area contributed by atoms with Crippen molar-refractivity contribution in [1.82, 2.24) is 0 Å². The Kier molecular flexibility index (Phi) is 1.25. The summed E-state index contributed by atoms with van der Waals surface area (Å²) in [5, 5.41) is 0. The van der Waals surface area contributed by atoms with Crippen LogP contribution in [-0.4, -0.2) is 5.78 Å². The van der Waals surface area contributed by atoms with Gasteiger partial charge >= 0.3 is 0 Å². The van der Waals surface area contributed by atoms with Crippen molar-refractivity contribution in [2.45, 2.75) is 33.6 Å². The average Bonchev–Trinajstić information content (AvgIpc) is 1.93. The molecule has 0 N–H and O–H groups in total. The predicted molar refractivity (Wildman–Crippen MR) is 44.2 cm³/mol. The first-order chi connectivity index (χ1) is 5.03. The van der Waals surface area contributed by atoms with Crippen LogP contribution in [0, 0.1) is 23.2 Å². The molecule has 3 rings (SSSR count). The van der Waals surface area contributed by atoms with E-state index in [2.05, 4.69) is 20.8 Å². The van der Waals surface area contributed by atoms with Gasteiger partial charge in [0.2, 0.25) is 0 Å². The fourth-order valence-electron chi connectivity index (χ4n) is 2.90. The molecule has 0 saturated heterocycles. The number of hydrogen-bond donors (Lipinski definition) is 0. The minimum Gasteiger partial charge on any atom is -0.299 e. The highest BCUT2D eigenvalue weighted by atomic mass is 16.1. The number of rotatable bonds is 0. The molecular formula is C10H16O. The molecule has 0 aromatic heterocycles. The van der Waals surface area contributed by atoms with Crippen LogP contribution in [0.4, 0.5) is 0 Å². The van der Waals surface area contributed by atoms with Crippen LogP contribution >= 0.6 is 0 Å². The van der Waals surface area contributed by atoms with Crippen molar-refractivity contribution >= 4 is 5.78 Å². The van der Waals surface area contributed by atoms with E-state index in [9.17, 15) is 4.79 Å². The fraction of sp³-hybridized carbons (Fsp3) is 0.900. The molecule has 3 aliphatic carbocycles. The molecule has 3 fully saturated rings. The van der Waals surface area contributed by atoms with E-state index in [0.29, 0.717) is 29.0 Å². The van der Waals surface area contributed by atoms with Crippen LogP contribution < -0.4 is 0 Å². The van der Waals surface area contributed by atoms with Crippen molar-refractivity contribution in [3.05, 3.63) is 0 Å². The van der Waals surface area contributed by atoms with Crippen molar-refractivity contribution < 1.29 is 4.79 Å². The maximum atomic E-state index is 11.3. The van der Waals surface area contributed by atoms with Gasteiger partial charge in [-0.25, -0.2) is 0 Å². The third-order valence-electron chi connectivity index (χ3n) is 4.11. The quantitative estimate of drug-likeness (QED) is 0.520. The van der Waals surface area contributed by atoms with Crippen molar-refractivity contribution in [2.24, 2.45) is 23.2 Å². The van der Waals surface area contributed by atoms with Crippen LogP contribution in [-0.2, 0) is 4.79 Å². The van der Waals surface area contributed by atoms with Crippen LogP contribution in [0.2, 0.25) is 0 Å². The summed E-state index contributed by atoms with van der Waals surface area (Å²) in [6, 6.07) is 0. The lowest BCUT2D eigenvalue weighted by molar-refractivity contribution is -0.152. The highest BCUT2D eigenvalue weighted by Crippen LogP contribution is 2.59. The second-order valence-corrected chi connectivity index (χ2v) is 4.82. The van der Waals surface area contributed by atoms with Gasteiger partial charge in [0.15, 0.2) is 0 Å². The number of fused-ring (bicyclic) bond motifs is 2. The molecule has 2 bridgehead atoms. The Morgan fingerprint density at radius 3 is 2.45 bits per heavy atom. The lowest BCUT2D eigenvalue weighted by Crippen LogP contribution is -2.55. The van der Waals surface area contributed by atoms with Crippen LogP contribution in [0.1, 0.15) is 33.6 Å². The molecular weight excluding hydrogens is 136 g/mol. The Balaban J connectivity index is 2.23. The van der Waals surface area contributed by atoms with E-state index >= 15 is 0 Å². The molecule has 0 unspecified atom stereocenters. The lowest BCUT2D eigenvalue weighted by atomic mass is 9.45. The van der Waals surface area contributed by atoms with Crippen molar-refractivity contribution in [3.8, 4) is 0 Å². The minimum atomic E-state index is 0.343. The van der Waals surface area contributed by atoms with Crippen molar-refractivity contribution in [3.63, 3.8) is 0 Å². The predicted octanol–water partition coefficient (Wildman–Crippen LogP) is 2.26. The average molecular weight is 152 g/mol. The van der Waals surface area contributed by atoms with E-state index in [1.807, 2.05) is 0 Å². The molecule has 0 aromatic rings. The SMILES string of the molecule is C[C@@H]1C(=O)C[C@H]2C[C@@H]1C2(C)C. The van der Waals surface area contributed by atoms with Gasteiger partial charge in [-0.1, -0.05) is 20.8 Å². The first-order valence-electron chi connectivity index (χ1n) is 4.56. The maximum absolute atomic E-state index is 11.3. The molecule has 0 spiro atoms. The Labute approximate surface area is 68.2 Å². The molecule has 1 nitrogen and oxygen atoms in total. The largest absolute Gasteiger partial charge is 0.299 e. The Morgan fingerprint density at radius 1 is 1.45 bits per heavy atom. The van der Waals surface area contributed by atoms with Gasteiger partial charge in [-0.2, -0.15) is 0 Å². The molecule has 11 heavy (non-hydrogen) atoms. The second kappa shape index (κ2) is 1.88. The smallest absolute Gasteiger partial charge is 0.136 e. The minimum absolute atomic E-state index is 0.343. The van der Waals surface area contributed by atoms with Crippen molar-refractivity contribution in [2.75, 3.05) is 0 Å². The molecule has 1 heteroatoms. The van der Waals surface area contributed by atoms with E-state index < -0.39 is 0 Å². The number of hydrogen-bond acceptors (Lipinski definition) is 1. The second-order valence-electron chi connectivity index (χ2n) is 4.82. The van der Waals surface area contributed by atoms with E-state index in [1.54, 1.807) is 0 Å². The normalized spacial score (nSPS) is 46.8. The molecule has 0 amide bonds. The van der Waals surface area contributed by atoms with E-state index in [0.717, 1.165) is 6.42 Å². The highest BCUT2D eigenvalue weighted by molar-refractivity contribution is 5.83. The summed E-state index contributed by atoms with van der Waals surface area (Å²) in [4.78, 5) is 11.3. The number of ketones is 1. The van der Waals surface area contributed by atoms with Gasteiger partial charge in [0.25, 0.3) is 0 Å². The molecule has 3 aliphatic rings. The van der Waals surface area contributed by atoms with Gasteiger partial charge in [-0.05, 0) is 23.7 Å². The molecule has 0 radical (unpaired) electrons. The summed E-state index contributed by atoms with van der Waals surface area (Å²) in [6.45, 7) is 6.73. The summed E-state index contributed by atoms with van der Waals surface area (Å²) in [7, 11) is 0. The lowest BCUT2D eigenvalue weighted by Gasteiger charge is -2.58. The van der Waals surface area contributed by atoms with Crippen LogP contribution in [0.5, 0.6) is 0 Å². The van der Waals surface area contributed by atoms with Gasteiger partial charge < -0.3 is 0 Å². The zero-order valence-electron chi connectivity index (χ0n) is 7.55. The molecule has 3 atom stereocenters. The van der Waals surface area contributed by atoms with Crippen LogP contribution in [0.15, 0.2) is 0 Å². The summed E-state index contributed by atoms with van der Waals surface area (Å²) < 4.78 is 0. The summed E-state index contributed by atoms with van der Waals surface area (Å²) in [5.74, 6) is 2.24. The first-order valence-corrected chi connectivity index (χ1v) is 4.56. The molecule has 0 aromatic carbocycles. The molecule has 0 aliphatic heterocycles. The molecule has 62 valence electrons. The Bertz CT molecular complexity index is 205. The van der Waals surface area contributed by atoms with E-state index in [-0.39, 0.29) is 0 Å². The Morgan fingerprint density at radius 2 is 2.09 bits per heavy atom. The summed E-state index contributed by atoms with van der Waals surface area (Å²) in [5.41, 5.74) is 0.466. The van der Waals surface area contributed by atoms with Crippen molar-refractivity contribution in [1.29, 1.82) is 0 Å². The van der Waals surface area contributed by atoms with Gasteiger partial charge in [0.05, 0.1) is 0 Å². The monoisotopic (exact) mass is 152 g/mol. The standard InChI is InChI=1S/C10H16O/c1-6-8-4-7(5-9(6)11)10(8,2)3/h6-8H,4-5H2,1-3H3/t6-,7+,8-/m0/s1. The number of Topliss-reactive ketones (excluding diaryl/α,β-unsaturated/α-hetero) is 1. The van der Waals surface area contributed by atoms with Gasteiger partial charge in [-0.15, -0.1) is 0 Å². The number of carbonyl (C=O) groups excluding carboxylic acids is 1. The Hall–Kier alpha value is -0.330. The first kappa shape index (κ1) is 7.33. The third kappa shape index (κ3) is 0.743. The highest BCUT2D eigenvalue weighted by Gasteiger charge is 2.55. The number of carbonyl (C=O) groups is 1. The van der Waals surface area contributed by atoms with Crippen LogP contribution in [0.25, 0.3) is 0 Å².